The second kappa shape index (κ2) is 5.28. The van der Waals surface area contributed by atoms with Gasteiger partial charge in [-0.2, -0.15) is 5.26 Å². The molecule has 1 heterocycles. The van der Waals surface area contributed by atoms with Gasteiger partial charge in [-0.05, 0) is 36.2 Å². The Morgan fingerprint density at radius 3 is 2.94 bits per heavy atom. The molecule has 90 valence electrons. The van der Waals surface area contributed by atoms with Gasteiger partial charge in [0.15, 0.2) is 0 Å². The Kier molecular flexibility index (Phi) is 3.54. The van der Waals surface area contributed by atoms with Crippen molar-refractivity contribution in [3.63, 3.8) is 0 Å². The Balaban J connectivity index is 2.11. The third-order valence-electron chi connectivity index (χ3n) is 2.48. The van der Waals surface area contributed by atoms with Crippen molar-refractivity contribution >= 4 is 0 Å². The van der Waals surface area contributed by atoms with E-state index in [0.717, 1.165) is 11.1 Å². The topological polar surface area (TPSA) is 45.9 Å². The first-order valence-electron chi connectivity index (χ1n) is 5.43. The quantitative estimate of drug-likeness (QED) is 0.831. The second-order valence-electron chi connectivity index (χ2n) is 3.86. The average Bonchev–Trinajstić information content (AvgIpc) is 2.40. The van der Waals surface area contributed by atoms with Crippen molar-refractivity contribution in [3.05, 3.63) is 59.2 Å². The van der Waals surface area contributed by atoms with Crippen LogP contribution in [0.5, 0.6) is 5.75 Å². The number of nitrogens with zero attached hydrogens (tertiary/aromatic N) is 2. The lowest BCUT2D eigenvalue weighted by Crippen LogP contribution is -1.98. The molecule has 18 heavy (non-hydrogen) atoms. The Labute approximate surface area is 104 Å². The van der Waals surface area contributed by atoms with Gasteiger partial charge in [-0.3, -0.25) is 0 Å². The molecule has 1 aromatic heterocycles. The van der Waals surface area contributed by atoms with Gasteiger partial charge in [0.25, 0.3) is 0 Å². The normalized spacial score (nSPS) is 9.83. The highest BCUT2D eigenvalue weighted by Crippen LogP contribution is 2.20. The minimum Gasteiger partial charge on any atom is -0.489 e. The fourth-order valence-corrected chi connectivity index (χ4v) is 1.52. The molecular formula is C14H11FN2O. The predicted molar refractivity (Wildman–Crippen MR) is 64.4 cm³/mol. The van der Waals surface area contributed by atoms with E-state index in [1.54, 1.807) is 24.4 Å². The molecule has 0 amide bonds. The van der Waals surface area contributed by atoms with Crippen molar-refractivity contribution in [2.24, 2.45) is 0 Å². The minimum atomic E-state index is -0.331. The summed E-state index contributed by atoms with van der Waals surface area (Å²) >= 11 is 0. The lowest BCUT2D eigenvalue weighted by atomic mass is 10.2. The third-order valence-corrected chi connectivity index (χ3v) is 2.48. The van der Waals surface area contributed by atoms with E-state index >= 15 is 0 Å². The van der Waals surface area contributed by atoms with E-state index in [1.165, 1.54) is 12.1 Å². The number of nitriles is 1. The standard InChI is InChI=1S/C14H11FN2O/c1-10-2-3-12(15)7-14(10)18-9-11-4-5-17-13(6-11)8-16/h2-7H,9H2,1H3. The smallest absolute Gasteiger partial charge is 0.140 e. The Morgan fingerprint density at radius 1 is 1.33 bits per heavy atom. The van der Waals surface area contributed by atoms with Crippen molar-refractivity contribution in [1.29, 1.82) is 5.26 Å². The summed E-state index contributed by atoms with van der Waals surface area (Å²) in [6.07, 6.45) is 1.55. The Hall–Kier alpha value is -2.41. The van der Waals surface area contributed by atoms with E-state index in [-0.39, 0.29) is 12.4 Å². The van der Waals surface area contributed by atoms with Crippen LogP contribution in [0.4, 0.5) is 4.39 Å². The summed E-state index contributed by atoms with van der Waals surface area (Å²) in [4.78, 5) is 3.87. The maximum atomic E-state index is 13.1. The van der Waals surface area contributed by atoms with Gasteiger partial charge in [0.05, 0.1) is 0 Å². The fraction of sp³-hybridized carbons (Fsp3) is 0.143. The van der Waals surface area contributed by atoms with E-state index in [9.17, 15) is 4.39 Å². The zero-order valence-electron chi connectivity index (χ0n) is 9.85. The van der Waals surface area contributed by atoms with E-state index in [2.05, 4.69) is 4.98 Å². The van der Waals surface area contributed by atoms with Crippen LogP contribution in [0.1, 0.15) is 16.8 Å². The molecule has 0 aliphatic rings. The van der Waals surface area contributed by atoms with Crippen LogP contribution in [0.15, 0.2) is 36.5 Å². The third kappa shape index (κ3) is 2.83. The number of hydrogen-bond donors (Lipinski definition) is 0. The first-order chi connectivity index (χ1) is 8.69. The Morgan fingerprint density at radius 2 is 2.17 bits per heavy atom. The van der Waals surface area contributed by atoms with E-state index in [4.69, 9.17) is 10.00 Å². The molecule has 3 nitrogen and oxygen atoms in total. The van der Waals surface area contributed by atoms with Gasteiger partial charge in [-0.1, -0.05) is 6.07 Å². The van der Waals surface area contributed by atoms with Gasteiger partial charge in [-0.25, -0.2) is 9.37 Å². The molecule has 0 aliphatic heterocycles. The number of pyridine rings is 1. The number of hydrogen-bond acceptors (Lipinski definition) is 3. The van der Waals surface area contributed by atoms with Gasteiger partial charge in [0, 0.05) is 12.3 Å². The van der Waals surface area contributed by atoms with Crippen LogP contribution in [0.25, 0.3) is 0 Å². The molecule has 2 aromatic rings. The summed E-state index contributed by atoms with van der Waals surface area (Å²) in [5.41, 5.74) is 2.03. The molecule has 1 aromatic carbocycles. The average molecular weight is 242 g/mol. The molecule has 0 aliphatic carbocycles. The zero-order chi connectivity index (χ0) is 13.0. The van der Waals surface area contributed by atoms with Crippen LogP contribution in [0.3, 0.4) is 0 Å². The number of aryl methyl sites for hydroxylation is 1. The molecule has 0 saturated heterocycles. The van der Waals surface area contributed by atoms with E-state index in [0.29, 0.717) is 11.4 Å². The highest BCUT2D eigenvalue weighted by Gasteiger charge is 2.03. The van der Waals surface area contributed by atoms with Crippen LogP contribution < -0.4 is 4.74 Å². The maximum Gasteiger partial charge on any atom is 0.140 e. The summed E-state index contributed by atoms with van der Waals surface area (Å²) in [6, 6.07) is 9.77. The molecule has 0 saturated carbocycles. The summed E-state index contributed by atoms with van der Waals surface area (Å²) in [7, 11) is 0. The van der Waals surface area contributed by atoms with Gasteiger partial charge in [0.2, 0.25) is 0 Å². The van der Waals surface area contributed by atoms with Crippen LogP contribution in [-0.2, 0) is 6.61 Å². The molecule has 0 spiro atoms. The molecule has 0 N–H and O–H groups in total. The van der Waals surface area contributed by atoms with Crippen molar-refractivity contribution in [2.45, 2.75) is 13.5 Å². The molecule has 2 rings (SSSR count). The maximum absolute atomic E-state index is 13.1. The van der Waals surface area contributed by atoms with Gasteiger partial charge in [0.1, 0.15) is 29.9 Å². The molecule has 0 radical (unpaired) electrons. The van der Waals surface area contributed by atoms with Gasteiger partial charge >= 0.3 is 0 Å². The van der Waals surface area contributed by atoms with Gasteiger partial charge < -0.3 is 4.74 Å². The predicted octanol–water partition coefficient (Wildman–Crippen LogP) is 2.98. The highest BCUT2D eigenvalue weighted by molar-refractivity contribution is 5.33. The number of aromatic nitrogens is 1. The lowest BCUT2D eigenvalue weighted by Gasteiger charge is -2.09. The summed E-state index contributed by atoms with van der Waals surface area (Å²) < 4.78 is 18.6. The van der Waals surface area contributed by atoms with E-state index in [1.807, 2.05) is 13.0 Å². The minimum absolute atomic E-state index is 0.279. The number of ether oxygens (including phenoxy) is 1. The molecule has 0 fully saturated rings. The summed E-state index contributed by atoms with van der Waals surface area (Å²) in [6.45, 7) is 2.13. The largest absolute Gasteiger partial charge is 0.489 e. The number of benzene rings is 1. The fourth-order valence-electron chi connectivity index (χ4n) is 1.52. The van der Waals surface area contributed by atoms with Gasteiger partial charge in [-0.15, -0.1) is 0 Å². The first-order valence-corrected chi connectivity index (χ1v) is 5.43. The second-order valence-corrected chi connectivity index (χ2v) is 3.86. The molecule has 4 heteroatoms. The lowest BCUT2D eigenvalue weighted by molar-refractivity contribution is 0.302. The van der Waals surface area contributed by atoms with Crippen LogP contribution in [-0.4, -0.2) is 4.98 Å². The van der Waals surface area contributed by atoms with Crippen LogP contribution in [0.2, 0.25) is 0 Å². The van der Waals surface area contributed by atoms with Crippen molar-refractivity contribution in [1.82, 2.24) is 4.98 Å². The number of rotatable bonds is 3. The SMILES string of the molecule is Cc1ccc(F)cc1OCc1ccnc(C#N)c1. The van der Waals surface area contributed by atoms with Crippen molar-refractivity contribution < 1.29 is 9.13 Å². The zero-order valence-corrected chi connectivity index (χ0v) is 9.85. The van der Waals surface area contributed by atoms with E-state index < -0.39 is 0 Å². The molecule has 0 bridgehead atoms. The van der Waals surface area contributed by atoms with Crippen LogP contribution >= 0.6 is 0 Å². The number of halogens is 1. The molecule has 0 atom stereocenters. The first kappa shape index (κ1) is 12.1. The molecule has 0 unspecified atom stereocenters. The Bertz CT molecular complexity index is 605. The molecular weight excluding hydrogens is 231 g/mol. The van der Waals surface area contributed by atoms with Crippen molar-refractivity contribution in [3.8, 4) is 11.8 Å². The monoisotopic (exact) mass is 242 g/mol. The highest BCUT2D eigenvalue weighted by atomic mass is 19.1. The van der Waals surface area contributed by atoms with Crippen molar-refractivity contribution in [2.75, 3.05) is 0 Å². The van der Waals surface area contributed by atoms with Crippen LogP contribution in [0, 0.1) is 24.1 Å². The summed E-state index contributed by atoms with van der Waals surface area (Å²) in [5, 5.41) is 8.72. The summed E-state index contributed by atoms with van der Waals surface area (Å²) in [5.74, 6) is 0.174.